The lowest BCUT2D eigenvalue weighted by molar-refractivity contribution is -0.147. The van der Waals surface area contributed by atoms with Gasteiger partial charge < -0.3 is 14.2 Å². The zero-order chi connectivity index (χ0) is 22.0. The number of hydrogen-bond acceptors (Lipinski definition) is 4. The maximum atomic E-state index is 14.1. The van der Waals surface area contributed by atoms with Gasteiger partial charge in [-0.3, -0.25) is 4.79 Å². The van der Waals surface area contributed by atoms with Crippen LogP contribution in [0.3, 0.4) is 0 Å². The summed E-state index contributed by atoms with van der Waals surface area (Å²) in [4.78, 5) is 12.7. The second-order valence-corrected chi connectivity index (χ2v) is 8.39. The highest BCUT2D eigenvalue weighted by Gasteiger charge is 2.65. The predicted molar refractivity (Wildman–Crippen MR) is 116 cm³/mol. The third-order valence-electron chi connectivity index (χ3n) is 5.68. The summed E-state index contributed by atoms with van der Waals surface area (Å²) in [6.07, 6.45) is -0.244. The molecule has 1 fully saturated rings. The van der Waals surface area contributed by atoms with Crippen molar-refractivity contribution in [2.45, 2.75) is 33.5 Å². The first-order chi connectivity index (χ1) is 14.9. The van der Waals surface area contributed by atoms with Crippen molar-refractivity contribution in [2.24, 2.45) is 11.3 Å². The molecule has 0 saturated heterocycles. The van der Waals surface area contributed by atoms with E-state index in [1.165, 1.54) is 6.07 Å². The van der Waals surface area contributed by atoms with Crippen molar-refractivity contribution in [3.05, 3.63) is 89.7 Å². The summed E-state index contributed by atoms with van der Waals surface area (Å²) in [5, 5.41) is 0. The zero-order valence-electron chi connectivity index (χ0n) is 17.8. The van der Waals surface area contributed by atoms with E-state index in [0.717, 1.165) is 11.3 Å². The number of para-hydroxylation sites is 2. The fraction of sp³-hybridized carbons (Fsp3) is 0.269. The maximum Gasteiger partial charge on any atom is 0.313 e. The number of ether oxygens (including phenoxy) is 3. The molecule has 0 heterocycles. The van der Waals surface area contributed by atoms with Crippen molar-refractivity contribution in [3.63, 3.8) is 0 Å². The highest BCUT2D eigenvalue weighted by atomic mass is 19.1. The van der Waals surface area contributed by atoms with E-state index in [0.29, 0.717) is 11.3 Å². The van der Waals surface area contributed by atoms with Crippen molar-refractivity contribution in [1.29, 1.82) is 0 Å². The van der Waals surface area contributed by atoms with E-state index < -0.39 is 5.82 Å². The normalized spacial score (nSPS) is 18.8. The van der Waals surface area contributed by atoms with Gasteiger partial charge in [0, 0.05) is 5.41 Å². The molecule has 160 valence electrons. The molecule has 1 aliphatic rings. The van der Waals surface area contributed by atoms with E-state index >= 15 is 0 Å². The van der Waals surface area contributed by atoms with Gasteiger partial charge in [0.25, 0.3) is 0 Å². The van der Waals surface area contributed by atoms with Crippen molar-refractivity contribution in [2.75, 3.05) is 0 Å². The number of benzene rings is 3. The monoisotopic (exact) mass is 420 g/mol. The lowest BCUT2D eigenvalue weighted by Crippen LogP contribution is -2.12. The highest BCUT2D eigenvalue weighted by Crippen LogP contribution is 2.55. The van der Waals surface area contributed by atoms with Gasteiger partial charge in [0.05, 0.1) is 0 Å². The van der Waals surface area contributed by atoms with Crippen LogP contribution < -0.4 is 9.47 Å². The van der Waals surface area contributed by atoms with Gasteiger partial charge in [-0.25, -0.2) is 4.39 Å². The molecule has 2 atom stereocenters. The molecule has 2 unspecified atom stereocenters. The van der Waals surface area contributed by atoms with Gasteiger partial charge in [-0.2, -0.15) is 0 Å². The second-order valence-electron chi connectivity index (χ2n) is 8.39. The Morgan fingerprint density at radius 3 is 2.42 bits per heavy atom. The highest BCUT2D eigenvalue weighted by molar-refractivity contribution is 5.78. The first-order valence-corrected chi connectivity index (χ1v) is 10.3. The van der Waals surface area contributed by atoms with Crippen LogP contribution >= 0.6 is 0 Å². The minimum Gasteiger partial charge on any atom is -0.489 e. The molecule has 3 aromatic rings. The first kappa shape index (κ1) is 20.9. The van der Waals surface area contributed by atoms with Crippen LogP contribution in [0.1, 0.15) is 25.0 Å². The van der Waals surface area contributed by atoms with Crippen molar-refractivity contribution >= 4 is 5.97 Å². The molecular formula is C26H25FO4. The molecule has 0 aliphatic heterocycles. The minimum atomic E-state index is -0.478. The fourth-order valence-electron chi connectivity index (χ4n) is 3.64. The van der Waals surface area contributed by atoms with E-state index in [4.69, 9.17) is 14.2 Å². The molecule has 0 aromatic heterocycles. The Kier molecular flexibility index (Phi) is 5.68. The van der Waals surface area contributed by atoms with Gasteiger partial charge in [-0.1, -0.05) is 56.3 Å². The third-order valence-corrected chi connectivity index (χ3v) is 5.68. The lowest BCUT2D eigenvalue weighted by Gasteiger charge is -2.10. The van der Waals surface area contributed by atoms with Gasteiger partial charge in [0.2, 0.25) is 0 Å². The van der Waals surface area contributed by atoms with Gasteiger partial charge in [-0.15, -0.1) is 0 Å². The lowest BCUT2D eigenvalue weighted by atomic mass is 10.1. The minimum absolute atomic E-state index is 0.0356. The van der Waals surface area contributed by atoms with E-state index in [-0.39, 0.29) is 35.8 Å². The zero-order valence-corrected chi connectivity index (χ0v) is 17.8. The number of carbonyl (C=O) groups is 1. The smallest absolute Gasteiger partial charge is 0.313 e. The predicted octanol–water partition coefficient (Wildman–Crippen LogP) is 6.07. The average Bonchev–Trinajstić information content (AvgIpc) is 3.30. The number of rotatable bonds is 7. The summed E-state index contributed by atoms with van der Waals surface area (Å²) in [6.45, 7) is 5.99. The Morgan fingerprint density at radius 2 is 1.68 bits per heavy atom. The van der Waals surface area contributed by atoms with Crippen molar-refractivity contribution in [1.82, 2.24) is 0 Å². The maximum absolute atomic E-state index is 14.1. The quantitative estimate of drug-likeness (QED) is 0.435. The van der Waals surface area contributed by atoms with Gasteiger partial charge in [-0.05, 0) is 48.4 Å². The molecule has 1 aliphatic carbocycles. The van der Waals surface area contributed by atoms with Crippen LogP contribution in [0.2, 0.25) is 0 Å². The molecule has 0 radical (unpaired) electrons. The number of carbonyl (C=O) groups excluding carboxylic acids is 1. The third kappa shape index (κ3) is 4.55. The van der Waals surface area contributed by atoms with E-state index in [1.807, 2.05) is 63.2 Å². The number of esters is 1. The molecule has 4 rings (SSSR count). The molecule has 0 bridgehead atoms. The molecule has 0 amide bonds. The molecule has 31 heavy (non-hydrogen) atoms. The van der Waals surface area contributed by atoms with Gasteiger partial charge in [0.15, 0.2) is 11.6 Å². The van der Waals surface area contributed by atoms with Crippen LogP contribution in [0.4, 0.5) is 4.39 Å². The first-order valence-electron chi connectivity index (χ1n) is 10.3. The van der Waals surface area contributed by atoms with Crippen LogP contribution in [-0.4, -0.2) is 12.1 Å². The molecule has 5 heteroatoms. The standard InChI is InChI=1S/C26H25FO4/c1-17-9-7-8-12-21(17)31-24-23(26(24,2)3)25(28)29-16-18-13-14-20(27)22(15-18)30-19-10-5-4-6-11-19/h4-15,23-24H,16H2,1-3H3. The Hall–Kier alpha value is -3.34. The topological polar surface area (TPSA) is 44.8 Å². The van der Waals surface area contributed by atoms with E-state index in [1.54, 1.807) is 24.3 Å². The Bertz CT molecular complexity index is 1080. The van der Waals surface area contributed by atoms with Crippen molar-refractivity contribution < 1.29 is 23.4 Å². The summed E-state index contributed by atoms with van der Waals surface area (Å²) in [5.41, 5.74) is 1.36. The number of aryl methyl sites for hydroxylation is 1. The largest absolute Gasteiger partial charge is 0.489 e. The molecule has 0 N–H and O–H groups in total. The fourth-order valence-corrected chi connectivity index (χ4v) is 3.64. The summed E-state index contributed by atoms with van der Waals surface area (Å²) >= 11 is 0. The van der Waals surface area contributed by atoms with Crippen LogP contribution in [0.25, 0.3) is 0 Å². The second kappa shape index (κ2) is 8.42. The number of halogens is 1. The summed E-state index contributed by atoms with van der Waals surface area (Å²) in [7, 11) is 0. The molecule has 1 saturated carbocycles. The number of hydrogen-bond donors (Lipinski definition) is 0. The van der Waals surface area contributed by atoms with Crippen LogP contribution in [0.5, 0.6) is 17.2 Å². The SMILES string of the molecule is Cc1ccccc1OC1C(C(=O)OCc2ccc(F)c(Oc3ccccc3)c2)C1(C)C. The van der Waals surface area contributed by atoms with E-state index in [2.05, 4.69) is 0 Å². The van der Waals surface area contributed by atoms with Crippen LogP contribution in [-0.2, 0) is 16.1 Å². The average molecular weight is 420 g/mol. The van der Waals surface area contributed by atoms with Crippen LogP contribution in [0.15, 0.2) is 72.8 Å². The summed E-state index contributed by atoms with van der Waals surface area (Å²) in [6, 6.07) is 21.2. The molecular weight excluding hydrogens is 395 g/mol. The summed E-state index contributed by atoms with van der Waals surface area (Å²) in [5.74, 6) is 0.246. The summed E-state index contributed by atoms with van der Waals surface area (Å²) < 4.78 is 31.4. The van der Waals surface area contributed by atoms with Crippen molar-refractivity contribution in [3.8, 4) is 17.2 Å². The Balaban J connectivity index is 1.38. The molecule has 4 nitrogen and oxygen atoms in total. The Labute approximate surface area is 181 Å². The molecule has 0 spiro atoms. The van der Waals surface area contributed by atoms with Gasteiger partial charge >= 0.3 is 5.97 Å². The van der Waals surface area contributed by atoms with Gasteiger partial charge in [0.1, 0.15) is 30.1 Å². The van der Waals surface area contributed by atoms with Crippen LogP contribution in [0, 0.1) is 24.1 Å². The van der Waals surface area contributed by atoms with E-state index in [9.17, 15) is 9.18 Å². The molecule has 3 aromatic carbocycles. The Morgan fingerprint density at radius 1 is 0.968 bits per heavy atom.